The first kappa shape index (κ1) is 8.38. The van der Waals surface area contributed by atoms with E-state index in [4.69, 9.17) is 5.73 Å². The van der Waals surface area contributed by atoms with Crippen molar-refractivity contribution in [3.05, 3.63) is 23.1 Å². The zero-order chi connectivity index (χ0) is 9.42. The molecular formula is C10H11NOS. The number of phenolic OH excluding ortho intramolecular Hbond substituents is 1. The van der Waals surface area contributed by atoms with Gasteiger partial charge in [-0.1, -0.05) is 6.92 Å². The second-order valence-corrected chi connectivity index (χ2v) is 3.86. The molecule has 3 heteroatoms. The molecule has 13 heavy (non-hydrogen) atoms. The molecule has 3 N–H and O–H groups in total. The van der Waals surface area contributed by atoms with Gasteiger partial charge in [-0.3, -0.25) is 0 Å². The second-order valence-electron chi connectivity index (χ2n) is 2.98. The number of anilines is 1. The zero-order valence-corrected chi connectivity index (χ0v) is 8.19. The average molecular weight is 193 g/mol. The SMILES string of the molecule is CCc1c(O)ccc2c(N)csc12. The zero-order valence-electron chi connectivity index (χ0n) is 7.37. The summed E-state index contributed by atoms with van der Waals surface area (Å²) in [5.74, 6) is 0.372. The Labute approximate surface area is 80.6 Å². The molecule has 2 aromatic rings. The van der Waals surface area contributed by atoms with E-state index in [0.29, 0.717) is 5.75 Å². The molecular weight excluding hydrogens is 182 g/mol. The molecule has 0 aliphatic heterocycles. The predicted molar refractivity (Wildman–Crippen MR) is 57.3 cm³/mol. The number of nitrogens with two attached hydrogens (primary N) is 1. The van der Waals surface area contributed by atoms with Gasteiger partial charge in [-0.05, 0) is 18.6 Å². The van der Waals surface area contributed by atoms with Crippen LogP contribution in [0.2, 0.25) is 0 Å². The van der Waals surface area contributed by atoms with Crippen LogP contribution in [0.5, 0.6) is 5.75 Å². The van der Waals surface area contributed by atoms with Crippen LogP contribution in [-0.4, -0.2) is 5.11 Å². The number of aryl methyl sites for hydroxylation is 1. The van der Waals surface area contributed by atoms with Gasteiger partial charge in [0.15, 0.2) is 0 Å². The van der Waals surface area contributed by atoms with Crippen molar-refractivity contribution in [3.8, 4) is 5.75 Å². The lowest BCUT2D eigenvalue weighted by Crippen LogP contribution is -1.84. The smallest absolute Gasteiger partial charge is 0.120 e. The Morgan fingerprint density at radius 3 is 2.92 bits per heavy atom. The van der Waals surface area contributed by atoms with Crippen molar-refractivity contribution in [2.75, 3.05) is 5.73 Å². The first-order valence-corrected chi connectivity index (χ1v) is 5.09. The number of hydrogen-bond donors (Lipinski definition) is 2. The minimum absolute atomic E-state index is 0.372. The van der Waals surface area contributed by atoms with Gasteiger partial charge in [0.2, 0.25) is 0 Å². The van der Waals surface area contributed by atoms with Crippen LogP contribution in [0, 0.1) is 0 Å². The summed E-state index contributed by atoms with van der Waals surface area (Å²) in [7, 11) is 0. The quantitative estimate of drug-likeness (QED) is 0.731. The molecule has 0 unspecified atom stereocenters. The third kappa shape index (κ3) is 1.16. The summed E-state index contributed by atoms with van der Waals surface area (Å²) < 4.78 is 1.11. The predicted octanol–water partition coefficient (Wildman–Crippen LogP) is 2.75. The Morgan fingerprint density at radius 1 is 1.46 bits per heavy atom. The number of rotatable bonds is 1. The number of phenols is 1. The van der Waals surface area contributed by atoms with E-state index in [9.17, 15) is 5.11 Å². The van der Waals surface area contributed by atoms with Gasteiger partial charge < -0.3 is 10.8 Å². The molecule has 0 amide bonds. The summed E-state index contributed by atoms with van der Waals surface area (Å²) >= 11 is 1.59. The molecule has 0 spiro atoms. The van der Waals surface area contributed by atoms with Gasteiger partial charge in [-0.15, -0.1) is 11.3 Å². The maximum atomic E-state index is 9.58. The second kappa shape index (κ2) is 2.92. The number of fused-ring (bicyclic) bond motifs is 1. The van der Waals surface area contributed by atoms with E-state index in [1.165, 1.54) is 0 Å². The van der Waals surface area contributed by atoms with Gasteiger partial charge in [-0.25, -0.2) is 0 Å². The van der Waals surface area contributed by atoms with Gasteiger partial charge in [0.1, 0.15) is 5.75 Å². The Hall–Kier alpha value is -1.22. The van der Waals surface area contributed by atoms with Gasteiger partial charge in [-0.2, -0.15) is 0 Å². The fraction of sp³-hybridized carbons (Fsp3) is 0.200. The summed E-state index contributed by atoms with van der Waals surface area (Å²) in [4.78, 5) is 0. The highest BCUT2D eigenvalue weighted by Crippen LogP contribution is 2.35. The first-order chi connectivity index (χ1) is 6.24. The summed E-state index contributed by atoms with van der Waals surface area (Å²) in [6, 6.07) is 3.58. The molecule has 0 saturated heterocycles. The maximum absolute atomic E-state index is 9.58. The molecule has 0 atom stereocenters. The number of thiophene rings is 1. The number of aromatic hydroxyl groups is 1. The van der Waals surface area contributed by atoms with Crippen molar-refractivity contribution in [1.29, 1.82) is 0 Å². The van der Waals surface area contributed by atoms with E-state index in [2.05, 4.69) is 0 Å². The van der Waals surface area contributed by atoms with E-state index in [1.54, 1.807) is 17.4 Å². The minimum atomic E-state index is 0.372. The highest BCUT2D eigenvalue weighted by atomic mass is 32.1. The third-order valence-corrected chi connectivity index (χ3v) is 3.28. The van der Waals surface area contributed by atoms with Crippen molar-refractivity contribution >= 4 is 27.1 Å². The summed E-state index contributed by atoms with van der Waals surface area (Å²) in [6.45, 7) is 2.03. The van der Waals surface area contributed by atoms with Crippen molar-refractivity contribution in [2.24, 2.45) is 0 Å². The standard InChI is InChI=1S/C10H11NOS/c1-2-6-9(12)4-3-7-8(11)5-13-10(6)7/h3-5,12H,2,11H2,1H3. The Bertz CT molecular complexity index is 447. The van der Waals surface area contributed by atoms with Gasteiger partial charge in [0, 0.05) is 21.0 Å². The number of hydrogen-bond acceptors (Lipinski definition) is 3. The minimum Gasteiger partial charge on any atom is -0.508 e. The lowest BCUT2D eigenvalue weighted by atomic mass is 10.1. The van der Waals surface area contributed by atoms with Crippen LogP contribution in [0.15, 0.2) is 17.5 Å². The van der Waals surface area contributed by atoms with E-state index >= 15 is 0 Å². The summed E-state index contributed by atoms with van der Waals surface area (Å²) in [5, 5.41) is 12.6. The third-order valence-electron chi connectivity index (χ3n) is 2.20. The van der Waals surface area contributed by atoms with Crippen LogP contribution in [0.1, 0.15) is 12.5 Å². The van der Waals surface area contributed by atoms with Gasteiger partial charge >= 0.3 is 0 Å². The van der Waals surface area contributed by atoms with Crippen molar-refractivity contribution in [1.82, 2.24) is 0 Å². The summed E-state index contributed by atoms with van der Waals surface area (Å²) in [6.07, 6.45) is 0.836. The Kier molecular flexibility index (Phi) is 1.88. The van der Waals surface area contributed by atoms with E-state index in [1.807, 2.05) is 18.4 Å². The van der Waals surface area contributed by atoms with Crippen LogP contribution < -0.4 is 5.73 Å². The van der Waals surface area contributed by atoms with Crippen molar-refractivity contribution < 1.29 is 5.11 Å². The highest BCUT2D eigenvalue weighted by molar-refractivity contribution is 7.18. The fourth-order valence-corrected chi connectivity index (χ4v) is 2.58. The molecule has 0 radical (unpaired) electrons. The number of nitrogen functional groups attached to an aromatic ring is 1. The van der Waals surface area contributed by atoms with Crippen LogP contribution in [0.25, 0.3) is 10.1 Å². The topological polar surface area (TPSA) is 46.2 Å². The van der Waals surface area contributed by atoms with Crippen LogP contribution in [0.4, 0.5) is 5.69 Å². The lowest BCUT2D eigenvalue weighted by molar-refractivity contribution is 0.470. The molecule has 68 valence electrons. The number of benzene rings is 1. The van der Waals surface area contributed by atoms with E-state index in [0.717, 1.165) is 27.8 Å². The molecule has 2 nitrogen and oxygen atoms in total. The van der Waals surface area contributed by atoms with E-state index in [-0.39, 0.29) is 0 Å². The monoisotopic (exact) mass is 193 g/mol. The normalized spacial score (nSPS) is 10.8. The van der Waals surface area contributed by atoms with Gasteiger partial charge in [0.05, 0.1) is 5.69 Å². The molecule has 0 aliphatic carbocycles. The summed E-state index contributed by atoms with van der Waals surface area (Å²) in [5.41, 5.74) is 7.58. The van der Waals surface area contributed by atoms with Gasteiger partial charge in [0.25, 0.3) is 0 Å². The Balaban J connectivity index is 2.85. The van der Waals surface area contributed by atoms with E-state index < -0.39 is 0 Å². The first-order valence-electron chi connectivity index (χ1n) is 4.21. The lowest BCUT2D eigenvalue weighted by Gasteiger charge is -2.02. The largest absolute Gasteiger partial charge is 0.508 e. The highest BCUT2D eigenvalue weighted by Gasteiger charge is 2.08. The fourth-order valence-electron chi connectivity index (χ4n) is 1.51. The molecule has 0 fully saturated rings. The molecule has 0 bridgehead atoms. The molecule has 1 aromatic heterocycles. The van der Waals surface area contributed by atoms with Crippen LogP contribution in [0.3, 0.4) is 0 Å². The molecule has 1 aromatic carbocycles. The van der Waals surface area contributed by atoms with Crippen molar-refractivity contribution in [3.63, 3.8) is 0 Å². The average Bonchev–Trinajstić information content (AvgIpc) is 2.48. The van der Waals surface area contributed by atoms with Crippen LogP contribution in [-0.2, 0) is 6.42 Å². The maximum Gasteiger partial charge on any atom is 0.120 e. The molecule has 0 aliphatic rings. The molecule has 0 saturated carbocycles. The van der Waals surface area contributed by atoms with Crippen LogP contribution >= 0.6 is 11.3 Å². The van der Waals surface area contributed by atoms with Crippen molar-refractivity contribution in [2.45, 2.75) is 13.3 Å². The molecule has 1 heterocycles. The molecule has 2 rings (SSSR count). The Morgan fingerprint density at radius 2 is 2.23 bits per heavy atom.